The van der Waals surface area contributed by atoms with Crippen molar-refractivity contribution in [3.8, 4) is 22.6 Å². The lowest BCUT2D eigenvalue weighted by Crippen LogP contribution is -1.89. The second kappa shape index (κ2) is 4.60. The van der Waals surface area contributed by atoms with Gasteiger partial charge in [-0.25, -0.2) is 0 Å². The number of halogens is 2. The molecule has 0 spiro atoms. The maximum Gasteiger partial charge on any atom is 0.194 e. The molecule has 2 aromatic heterocycles. The molecule has 0 unspecified atom stereocenters. The summed E-state index contributed by atoms with van der Waals surface area (Å²) in [5.41, 5.74) is 7.97. The predicted molar refractivity (Wildman–Crippen MR) is 74.0 cm³/mol. The highest BCUT2D eigenvalue weighted by Gasteiger charge is 2.19. The smallest absolute Gasteiger partial charge is 0.194 e. The number of nitrogens with two attached hydrogens (primary N) is 1. The number of hydrogen-bond acceptors (Lipinski definition) is 4. The minimum atomic E-state index is 0.281. The van der Waals surface area contributed by atoms with E-state index in [9.17, 15) is 0 Å². The molecule has 0 atom stereocenters. The summed E-state index contributed by atoms with van der Waals surface area (Å²) in [6.07, 6.45) is 1.62. The van der Waals surface area contributed by atoms with E-state index in [0.717, 1.165) is 5.56 Å². The maximum atomic E-state index is 6.02. The SMILES string of the molecule is Nc1noc(-c2ccn[nH]2)c1-c1ccc(Cl)c(Cl)c1. The van der Waals surface area contributed by atoms with Crippen LogP contribution >= 0.6 is 23.2 Å². The summed E-state index contributed by atoms with van der Waals surface area (Å²) in [7, 11) is 0. The van der Waals surface area contributed by atoms with Crippen LogP contribution in [0, 0.1) is 0 Å². The van der Waals surface area contributed by atoms with Gasteiger partial charge in [0.1, 0.15) is 5.69 Å². The van der Waals surface area contributed by atoms with Crippen molar-refractivity contribution in [1.82, 2.24) is 15.4 Å². The van der Waals surface area contributed by atoms with Gasteiger partial charge in [0.2, 0.25) is 0 Å². The maximum absolute atomic E-state index is 6.02. The highest BCUT2D eigenvalue weighted by atomic mass is 35.5. The average Bonchev–Trinajstić information content (AvgIpc) is 3.01. The third-order valence-corrected chi connectivity index (χ3v) is 3.41. The second-order valence-corrected chi connectivity index (χ2v) is 4.69. The van der Waals surface area contributed by atoms with E-state index in [4.69, 9.17) is 33.5 Å². The van der Waals surface area contributed by atoms with Gasteiger partial charge in [-0.1, -0.05) is 34.4 Å². The number of nitrogen functional groups attached to an aromatic ring is 1. The molecule has 19 heavy (non-hydrogen) atoms. The Morgan fingerprint density at radius 1 is 1.16 bits per heavy atom. The Balaban J connectivity index is 2.19. The van der Waals surface area contributed by atoms with Crippen molar-refractivity contribution < 1.29 is 4.52 Å². The Bertz CT molecular complexity index is 721. The van der Waals surface area contributed by atoms with Crippen LogP contribution < -0.4 is 5.73 Å². The normalized spacial score (nSPS) is 10.8. The van der Waals surface area contributed by atoms with Crippen molar-refractivity contribution in [3.05, 3.63) is 40.5 Å². The third kappa shape index (κ3) is 2.07. The highest BCUT2D eigenvalue weighted by Crippen LogP contribution is 2.37. The Hall–Kier alpha value is -1.98. The first kappa shape index (κ1) is 12.1. The second-order valence-electron chi connectivity index (χ2n) is 3.87. The zero-order valence-corrected chi connectivity index (χ0v) is 11.0. The molecule has 0 saturated carbocycles. The molecule has 0 amide bonds. The number of aromatic amines is 1. The van der Waals surface area contributed by atoms with Gasteiger partial charge < -0.3 is 10.3 Å². The summed E-state index contributed by atoms with van der Waals surface area (Å²) in [5.74, 6) is 0.788. The summed E-state index contributed by atoms with van der Waals surface area (Å²) < 4.78 is 5.24. The predicted octanol–water partition coefficient (Wildman–Crippen LogP) is 3.62. The molecule has 0 aliphatic rings. The molecule has 1 aromatic carbocycles. The molecule has 3 N–H and O–H groups in total. The van der Waals surface area contributed by atoms with Crippen molar-refractivity contribution in [3.63, 3.8) is 0 Å². The molecule has 3 rings (SSSR count). The van der Waals surface area contributed by atoms with E-state index in [2.05, 4.69) is 15.4 Å². The number of nitrogens with zero attached hydrogens (tertiary/aromatic N) is 2. The van der Waals surface area contributed by atoms with E-state index >= 15 is 0 Å². The minimum Gasteiger partial charge on any atom is -0.380 e. The first-order chi connectivity index (χ1) is 9.16. The standard InChI is InChI=1S/C12H8Cl2N4O/c13-7-2-1-6(5-8(7)14)10-11(19-18-12(10)15)9-3-4-16-17-9/h1-5H,(H2,15,18)(H,16,17). The molecule has 5 nitrogen and oxygen atoms in total. The van der Waals surface area contributed by atoms with E-state index in [1.165, 1.54) is 0 Å². The van der Waals surface area contributed by atoms with Crippen LogP contribution in [0.2, 0.25) is 10.0 Å². The van der Waals surface area contributed by atoms with E-state index in [-0.39, 0.29) is 5.82 Å². The summed E-state index contributed by atoms with van der Waals surface area (Å²) in [5, 5.41) is 11.4. The van der Waals surface area contributed by atoms with Crippen LogP contribution in [0.15, 0.2) is 35.0 Å². The molecule has 2 heterocycles. The van der Waals surface area contributed by atoms with E-state index in [1.807, 2.05) is 0 Å². The molecule has 0 aliphatic carbocycles. The molecular weight excluding hydrogens is 287 g/mol. The van der Waals surface area contributed by atoms with Gasteiger partial charge in [-0.15, -0.1) is 0 Å². The summed E-state index contributed by atoms with van der Waals surface area (Å²) in [4.78, 5) is 0. The number of aromatic nitrogens is 3. The van der Waals surface area contributed by atoms with Gasteiger partial charge in [0, 0.05) is 6.20 Å². The third-order valence-electron chi connectivity index (χ3n) is 2.67. The quantitative estimate of drug-likeness (QED) is 0.756. The minimum absolute atomic E-state index is 0.281. The van der Waals surface area contributed by atoms with Gasteiger partial charge in [-0.2, -0.15) is 5.10 Å². The Morgan fingerprint density at radius 3 is 2.68 bits per heavy atom. The highest BCUT2D eigenvalue weighted by molar-refractivity contribution is 6.42. The monoisotopic (exact) mass is 294 g/mol. The molecule has 3 aromatic rings. The number of benzene rings is 1. The summed E-state index contributed by atoms with van der Waals surface area (Å²) >= 11 is 11.9. The molecule has 7 heteroatoms. The average molecular weight is 295 g/mol. The molecule has 0 aliphatic heterocycles. The van der Waals surface area contributed by atoms with Crippen LogP contribution in [0.1, 0.15) is 0 Å². The van der Waals surface area contributed by atoms with Crippen LogP contribution in [0.4, 0.5) is 5.82 Å². The van der Waals surface area contributed by atoms with E-state index in [1.54, 1.807) is 30.5 Å². The van der Waals surface area contributed by atoms with Crippen molar-refractivity contribution in [2.75, 3.05) is 5.73 Å². The zero-order valence-electron chi connectivity index (χ0n) is 9.52. The fraction of sp³-hybridized carbons (Fsp3) is 0. The molecule has 0 fully saturated rings. The lowest BCUT2D eigenvalue weighted by molar-refractivity contribution is 0.435. The Morgan fingerprint density at radius 2 is 2.00 bits per heavy atom. The van der Waals surface area contributed by atoms with Gasteiger partial charge in [0.25, 0.3) is 0 Å². The number of hydrogen-bond donors (Lipinski definition) is 2. The van der Waals surface area contributed by atoms with Gasteiger partial charge in [-0.05, 0) is 23.8 Å². The molecule has 96 valence electrons. The van der Waals surface area contributed by atoms with Crippen molar-refractivity contribution >= 4 is 29.0 Å². The van der Waals surface area contributed by atoms with Gasteiger partial charge in [0.05, 0.1) is 15.6 Å². The number of H-pyrrole nitrogens is 1. The largest absolute Gasteiger partial charge is 0.380 e. The van der Waals surface area contributed by atoms with Crippen molar-refractivity contribution in [2.45, 2.75) is 0 Å². The van der Waals surface area contributed by atoms with Crippen LogP contribution in [0.25, 0.3) is 22.6 Å². The molecule has 0 saturated heterocycles. The Labute approximate surface area is 118 Å². The summed E-state index contributed by atoms with van der Waals surface area (Å²) in [6, 6.07) is 6.98. The van der Waals surface area contributed by atoms with Crippen LogP contribution in [-0.4, -0.2) is 15.4 Å². The van der Waals surface area contributed by atoms with Crippen LogP contribution in [0.3, 0.4) is 0 Å². The van der Waals surface area contributed by atoms with Crippen molar-refractivity contribution in [1.29, 1.82) is 0 Å². The fourth-order valence-electron chi connectivity index (χ4n) is 1.80. The van der Waals surface area contributed by atoms with Crippen LogP contribution in [-0.2, 0) is 0 Å². The number of nitrogens with one attached hydrogen (secondary N) is 1. The van der Waals surface area contributed by atoms with Gasteiger partial charge in [0.15, 0.2) is 11.6 Å². The first-order valence-corrected chi connectivity index (χ1v) is 6.12. The zero-order chi connectivity index (χ0) is 13.4. The van der Waals surface area contributed by atoms with Gasteiger partial charge >= 0.3 is 0 Å². The number of anilines is 1. The summed E-state index contributed by atoms with van der Waals surface area (Å²) in [6.45, 7) is 0. The van der Waals surface area contributed by atoms with Crippen LogP contribution in [0.5, 0.6) is 0 Å². The number of rotatable bonds is 2. The lowest BCUT2D eigenvalue weighted by atomic mass is 10.0. The van der Waals surface area contributed by atoms with E-state index < -0.39 is 0 Å². The topological polar surface area (TPSA) is 80.7 Å². The van der Waals surface area contributed by atoms with Gasteiger partial charge in [-0.3, -0.25) is 5.10 Å². The molecule has 0 radical (unpaired) electrons. The first-order valence-electron chi connectivity index (χ1n) is 5.37. The molecule has 0 bridgehead atoms. The fourth-order valence-corrected chi connectivity index (χ4v) is 2.10. The van der Waals surface area contributed by atoms with E-state index in [0.29, 0.717) is 27.1 Å². The Kier molecular flexibility index (Phi) is 2.93. The van der Waals surface area contributed by atoms with Crippen molar-refractivity contribution in [2.24, 2.45) is 0 Å². The lowest BCUT2D eigenvalue weighted by Gasteiger charge is -2.03. The molecular formula is C12H8Cl2N4O.